The number of nitrogens with zero attached hydrogens (tertiary/aromatic N) is 2. The highest BCUT2D eigenvalue weighted by Crippen LogP contribution is 2.14. The Balaban J connectivity index is 2.25. The van der Waals surface area contributed by atoms with E-state index in [2.05, 4.69) is 10.2 Å². The molecule has 1 aliphatic heterocycles. The SMILES string of the molecule is N#CCNC(=O)CN1CCCC(CN)C1. The number of amides is 1. The summed E-state index contributed by atoms with van der Waals surface area (Å²) in [5.41, 5.74) is 5.61. The van der Waals surface area contributed by atoms with Crippen LogP contribution in [0.15, 0.2) is 0 Å². The number of nitrogens with two attached hydrogens (primary N) is 1. The molecule has 5 nitrogen and oxygen atoms in total. The molecule has 0 aromatic heterocycles. The molecule has 1 heterocycles. The van der Waals surface area contributed by atoms with Crippen LogP contribution in [-0.2, 0) is 4.79 Å². The summed E-state index contributed by atoms with van der Waals surface area (Å²) in [5, 5.41) is 10.8. The van der Waals surface area contributed by atoms with Gasteiger partial charge in [-0.05, 0) is 31.8 Å². The fourth-order valence-electron chi connectivity index (χ4n) is 1.88. The largest absolute Gasteiger partial charge is 0.342 e. The van der Waals surface area contributed by atoms with Crippen LogP contribution in [0.3, 0.4) is 0 Å². The smallest absolute Gasteiger partial charge is 0.235 e. The van der Waals surface area contributed by atoms with E-state index >= 15 is 0 Å². The average Bonchev–Trinajstić information content (AvgIpc) is 2.26. The third-order valence-corrected chi connectivity index (χ3v) is 2.67. The van der Waals surface area contributed by atoms with Crippen LogP contribution >= 0.6 is 0 Å². The van der Waals surface area contributed by atoms with Gasteiger partial charge in [-0.15, -0.1) is 0 Å². The van der Waals surface area contributed by atoms with Gasteiger partial charge < -0.3 is 11.1 Å². The Morgan fingerprint density at radius 1 is 1.67 bits per heavy atom. The number of carbonyl (C=O) groups excluding carboxylic acids is 1. The number of likely N-dealkylation sites (tertiary alicyclic amines) is 1. The van der Waals surface area contributed by atoms with Crippen molar-refractivity contribution in [2.24, 2.45) is 11.7 Å². The number of hydrogen-bond donors (Lipinski definition) is 2. The van der Waals surface area contributed by atoms with Gasteiger partial charge in [0.05, 0.1) is 12.6 Å². The third-order valence-electron chi connectivity index (χ3n) is 2.67. The van der Waals surface area contributed by atoms with Crippen LogP contribution in [0.1, 0.15) is 12.8 Å². The maximum atomic E-state index is 11.3. The van der Waals surface area contributed by atoms with Gasteiger partial charge in [-0.2, -0.15) is 5.26 Å². The van der Waals surface area contributed by atoms with Gasteiger partial charge in [-0.25, -0.2) is 0 Å². The first kappa shape index (κ1) is 12.0. The molecule has 0 radical (unpaired) electrons. The van der Waals surface area contributed by atoms with Gasteiger partial charge in [0.1, 0.15) is 6.54 Å². The minimum Gasteiger partial charge on any atom is -0.342 e. The van der Waals surface area contributed by atoms with E-state index in [9.17, 15) is 4.79 Å². The van der Waals surface area contributed by atoms with Gasteiger partial charge in [0, 0.05) is 6.54 Å². The maximum absolute atomic E-state index is 11.3. The van der Waals surface area contributed by atoms with Crippen molar-refractivity contribution in [3.8, 4) is 6.07 Å². The quantitative estimate of drug-likeness (QED) is 0.601. The van der Waals surface area contributed by atoms with E-state index in [0.29, 0.717) is 19.0 Å². The molecule has 0 aromatic carbocycles. The Labute approximate surface area is 90.2 Å². The lowest BCUT2D eigenvalue weighted by atomic mass is 9.98. The summed E-state index contributed by atoms with van der Waals surface area (Å²) in [6, 6.07) is 1.89. The molecule has 1 rings (SSSR count). The molecular formula is C10H18N4O. The standard InChI is InChI=1S/C10H18N4O/c11-3-4-13-10(15)8-14-5-1-2-9(6-12)7-14/h9H,1-2,4-8,12H2,(H,13,15). The normalized spacial score (nSPS) is 22.0. The summed E-state index contributed by atoms with van der Waals surface area (Å²) in [5.74, 6) is 0.441. The van der Waals surface area contributed by atoms with Crippen LogP contribution in [-0.4, -0.2) is 43.5 Å². The van der Waals surface area contributed by atoms with Crippen LogP contribution in [0.2, 0.25) is 0 Å². The van der Waals surface area contributed by atoms with Crippen LogP contribution in [0, 0.1) is 17.2 Å². The zero-order chi connectivity index (χ0) is 11.1. The lowest BCUT2D eigenvalue weighted by Crippen LogP contribution is -2.44. The minimum absolute atomic E-state index is 0.0748. The molecule has 0 aliphatic carbocycles. The van der Waals surface area contributed by atoms with Gasteiger partial charge in [0.15, 0.2) is 0 Å². The van der Waals surface area contributed by atoms with Crippen molar-refractivity contribution < 1.29 is 4.79 Å². The fraction of sp³-hybridized carbons (Fsp3) is 0.800. The fourth-order valence-corrected chi connectivity index (χ4v) is 1.88. The van der Waals surface area contributed by atoms with Crippen molar-refractivity contribution in [1.82, 2.24) is 10.2 Å². The van der Waals surface area contributed by atoms with Crippen molar-refractivity contribution in [3.05, 3.63) is 0 Å². The summed E-state index contributed by atoms with van der Waals surface area (Å²) in [6.45, 7) is 3.02. The molecular weight excluding hydrogens is 192 g/mol. The number of hydrogen-bond acceptors (Lipinski definition) is 4. The highest BCUT2D eigenvalue weighted by molar-refractivity contribution is 5.78. The molecule has 0 bridgehead atoms. The van der Waals surface area contributed by atoms with Crippen LogP contribution < -0.4 is 11.1 Å². The van der Waals surface area contributed by atoms with Crippen LogP contribution in [0.5, 0.6) is 0 Å². The second-order valence-corrected chi connectivity index (χ2v) is 3.91. The van der Waals surface area contributed by atoms with Crippen molar-refractivity contribution in [3.63, 3.8) is 0 Å². The minimum atomic E-state index is -0.0748. The third kappa shape index (κ3) is 4.28. The molecule has 0 aromatic rings. The van der Waals surface area contributed by atoms with E-state index < -0.39 is 0 Å². The molecule has 0 saturated carbocycles. The molecule has 1 fully saturated rings. The average molecular weight is 210 g/mol. The molecule has 1 unspecified atom stereocenters. The Bertz CT molecular complexity index is 248. The van der Waals surface area contributed by atoms with Gasteiger partial charge >= 0.3 is 0 Å². The van der Waals surface area contributed by atoms with Gasteiger partial charge in [-0.1, -0.05) is 0 Å². The molecule has 15 heavy (non-hydrogen) atoms. The van der Waals surface area contributed by atoms with Crippen LogP contribution in [0.4, 0.5) is 0 Å². The predicted molar refractivity (Wildman–Crippen MR) is 56.8 cm³/mol. The zero-order valence-corrected chi connectivity index (χ0v) is 8.91. The second kappa shape index (κ2) is 6.38. The molecule has 1 aliphatic rings. The van der Waals surface area contributed by atoms with Crippen molar-refractivity contribution >= 4 is 5.91 Å². The monoisotopic (exact) mass is 210 g/mol. The number of carbonyl (C=O) groups is 1. The molecule has 5 heteroatoms. The van der Waals surface area contributed by atoms with Crippen molar-refractivity contribution in [2.75, 3.05) is 32.7 Å². The van der Waals surface area contributed by atoms with E-state index in [0.717, 1.165) is 25.9 Å². The topological polar surface area (TPSA) is 82.2 Å². The Kier molecular flexibility index (Phi) is 5.08. The van der Waals surface area contributed by atoms with Crippen molar-refractivity contribution in [2.45, 2.75) is 12.8 Å². The second-order valence-electron chi connectivity index (χ2n) is 3.91. The van der Waals surface area contributed by atoms with Gasteiger partial charge in [0.2, 0.25) is 5.91 Å². The van der Waals surface area contributed by atoms with Gasteiger partial charge in [-0.3, -0.25) is 9.69 Å². The lowest BCUT2D eigenvalue weighted by molar-refractivity contribution is -0.122. The number of rotatable bonds is 4. The molecule has 1 amide bonds. The number of nitriles is 1. The van der Waals surface area contributed by atoms with Crippen molar-refractivity contribution in [1.29, 1.82) is 5.26 Å². The lowest BCUT2D eigenvalue weighted by Gasteiger charge is -2.31. The maximum Gasteiger partial charge on any atom is 0.235 e. The number of nitrogens with one attached hydrogen (secondary N) is 1. The molecule has 84 valence electrons. The Hall–Kier alpha value is -1.12. The zero-order valence-electron chi connectivity index (χ0n) is 8.91. The van der Waals surface area contributed by atoms with E-state index in [-0.39, 0.29) is 12.5 Å². The highest BCUT2D eigenvalue weighted by Gasteiger charge is 2.20. The first-order valence-electron chi connectivity index (χ1n) is 5.32. The summed E-state index contributed by atoms with van der Waals surface area (Å²) >= 11 is 0. The van der Waals surface area contributed by atoms with E-state index in [1.807, 2.05) is 6.07 Å². The Morgan fingerprint density at radius 3 is 3.13 bits per heavy atom. The summed E-state index contributed by atoms with van der Waals surface area (Å²) in [4.78, 5) is 13.4. The summed E-state index contributed by atoms with van der Waals surface area (Å²) in [7, 11) is 0. The van der Waals surface area contributed by atoms with E-state index in [1.165, 1.54) is 0 Å². The molecule has 3 N–H and O–H groups in total. The summed E-state index contributed by atoms with van der Waals surface area (Å²) < 4.78 is 0. The highest BCUT2D eigenvalue weighted by atomic mass is 16.2. The molecule has 1 saturated heterocycles. The van der Waals surface area contributed by atoms with Crippen LogP contribution in [0.25, 0.3) is 0 Å². The molecule has 1 atom stereocenters. The van der Waals surface area contributed by atoms with E-state index in [1.54, 1.807) is 0 Å². The Morgan fingerprint density at radius 2 is 2.47 bits per heavy atom. The first-order chi connectivity index (χ1) is 7.26. The van der Waals surface area contributed by atoms with E-state index in [4.69, 9.17) is 11.0 Å². The number of piperidine rings is 1. The van der Waals surface area contributed by atoms with Gasteiger partial charge in [0.25, 0.3) is 0 Å². The molecule has 0 spiro atoms. The first-order valence-corrected chi connectivity index (χ1v) is 5.32. The predicted octanol–water partition coefficient (Wildman–Crippen LogP) is -0.703. The summed E-state index contributed by atoms with van der Waals surface area (Å²) in [6.07, 6.45) is 2.26.